The third-order valence-electron chi connectivity index (χ3n) is 2.36. The Morgan fingerprint density at radius 1 is 1.18 bits per heavy atom. The zero-order valence-electron chi connectivity index (χ0n) is 8.98. The van der Waals surface area contributed by atoms with Crippen molar-refractivity contribution < 1.29 is 8.78 Å². The molecule has 5 heteroatoms. The van der Waals surface area contributed by atoms with Crippen LogP contribution < -0.4 is 5.73 Å². The molecule has 2 rings (SSSR count). The van der Waals surface area contributed by atoms with Crippen molar-refractivity contribution in [2.75, 3.05) is 5.73 Å². The Kier molecular flexibility index (Phi) is 3.27. The minimum absolute atomic E-state index is 0.128. The Morgan fingerprint density at radius 2 is 1.88 bits per heavy atom. The molecule has 0 amide bonds. The summed E-state index contributed by atoms with van der Waals surface area (Å²) in [4.78, 5) is 7.34. The number of alkyl halides is 2. The van der Waals surface area contributed by atoms with Gasteiger partial charge in [-0.25, -0.2) is 18.7 Å². The quantitative estimate of drug-likeness (QED) is 0.889. The average molecular weight is 235 g/mol. The lowest BCUT2D eigenvalue weighted by molar-refractivity contribution is 0.145. The van der Waals surface area contributed by atoms with Crippen LogP contribution in [0.1, 0.15) is 23.2 Å². The number of halogens is 2. The first-order valence-electron chi connectivity index (χ1n) is 5.10. The van der Waals surface area contributed by atoms with E-state index < -0.39 is 6.43 Å². The second-order valence-corrected chi connectivity index (χ2v) is 3.60. The van der Waals surface area contributed by atoms with E-state index in [-0.39, 0.29) is 11.6 Å². The number of nitrogens with two attached hydrogens (primary N) is 1. The Bertz CT molecular complexity index is 500. The topological polar surface area (TPSA) is 51.8 Å². The summed E-state index contributed by atoms with van der Waals surface area (Å²) in [5, 5.41) is 0. The van der Waals surface area contributed by atoms with Crippen LogP contribution in [0.15, 0.2) is 36.5 Å². The molecule has 2 aromatic rings. The van der Waals surface area contributed by atoms with Crippen LogP contribution in [0, 0.1) is 0 Å². The van der Waals surface area contributed by atoms with E-state index in [4.69, 9.17) is 5.73 Å². The van der Waals surface area contributed by atoms with Gasteiger partial charge in [-0.3, -0.25) is 0 Å². The summed E-state index contributed by atoms with van der Waals surface area (Å²) in [5.41, 5.74) is 6.35. The average Bonchev–Trinajstić information content (AvgIpc) is 2.32. The zero-order valence-corrected chi connectivity index (χ0v) is 8.98. The van der Waals surface area contributed by atoms with Crippen molar-refractivity contribution in [2.45, 2.75) is 12.8 Å². The molecular weight excluding hydrogens is 224 g/mol. The van der Waals surface area contributed by atoms with Crippen molar-refractivity contribution in [1.29, 1.82) is 0 Å². The standard InChI is InChI=1S/C12H11F2N3/c13-11(14)10-9(7-16-12(15)17-10)6-8-4-2-1-3-5-8/h1-5,7,11H,6H2,(H2,15,16,17). The fraction of sp³-hybridized carbons (Fsp3) is 0.167. The molecule has 0 saturated carbocycles. The van der Waals surface area contributed by atoms with Gasteiger partial charge in [0.2, 0.25) is 5.95 Å². The molecule has 0 aliphatic rings. The maximum atomic E-state index is 12.8. The van der Waals surface area contributed by atoms with Crippen LogP contribution in [0.5, 0.6) is 0 Å². The van der Waals surface area contributed by atoms with E-state index in [1.54, 1.807) is 0 Å². The zero-order chi connectivity index (χ0) is 12.3. The van der Waals surface area contributed by atoms with Crippen LogP contribution in [0.2, 0.25) is 0 Å². The molecule has 0 bridgehead atoms. The van der Waals surface area contributed by atoms with Crippen LogP contribution in [0.4, 0.5) is 14.7 Å². The lowest BCUT2D eigenvalue weighted by Gasteiger charge is -2.08. The van der Waals surface area contributed by atoms with Gasteiger partial charge in [0.15, 0.2) is 0 Å². The Morgan fingerprint density at radius 3 is 2.53 bits per heavy atom. The molecule has 0 fully saturated rings. The number of anilines is 1. The number of hydrogen-bond donors (Lipinski definition) is 1. The Labute approximate surface area is 97.3 Å². The van der Waals surface area contributed by atoms with Gasteiger partial charge in [0.1, 0.15) is 5.69 Å². The molecule has 1 aromatic heterocycles. The lowest BCUT2D eigenvalue weighted by Crippen LogP contribution is -2.05. The van der Waals surface area contributed by atoms with Crippen molar-refractivity contribution in [3.63, 3.8) is 0 Å². The maximum Gasteiger partial charge on any atom is 0.280 e. The van der Waals surface area contributed by atoms with E-state index in [1.807, 2.05) is 30.3 Å². The first-order chi connectivity index (χ1) is 8.16. The van der Waals surface area contributed by atoms with Crippen LogP contribution in [-0.2, 0) is 6.42 Å². The molecule has 88 valence electrons. The molecule has 1 aromatic carbocycles. The highest BCUT2D eigenvalue weighted by Crippen LogP contribution is 2.22. The summed E-state index contributed by atoms with van der Waals surface area (Å²) < 4.78 is 25.5. The van der Waals surface area contributed by atoms with E-state index >= 15 is 0 Å². The second kappa shape index (κ2) is 4.86. The molecule has 0 radical (unpaired) electrons. The molecule has 3 nitrogen and oxygen atoms in total. The van der Waals surface area contributed by atoms with E-state index in [0.29, 0.717) is 12.0 Å². The molecular formula is C12H11F2N3. The molecule has 0 spiro atoms. The van der Waals surface area contributed by atoms with Gasteiger partial charge < -0.3 is 5.73 Å². The fourth-order valence-electron chi connectivity index (χ4n) is 1.58. The monoisotopic (exact) mass is 235 g/mol. The van der Waals surface area contributed by atoms with Gasteiger partial charge in [-0.2, -0.15) is 0 Å². The van der Waals surface area contributed by atoms with Gasteiger partial charge in [0, 0.05) is 18.2 Å². The van der Waals surface area contributed by atoms with E-state index in [9.17, 15) is 8.78 Å². The normalized spacial score (nSPS) is 10.8. The highest BCUT2D eigenvalue weighted by Gasteiger charge is 2.16. The molecule has 0 saturated heterocycles. The largest absolute Gasteiger partial charge is 0.368 e. The number of hydrogen-bond acceptors (Lipinski definition) is 3. The summed E-state index contributed by atoms with van der Waals surface area (Å²) in [5.74, 6) is -0.128. The van der Waals surface area contributed by atoms with Gasteiger partial charge >= 0.3 is 0 Å². The van der Waals surface area contributed by atoms with E-state index in [2.05, 4.69) is 9.97 Å². The van der Waals surface area contributed by atoms with Crippen molar-refractivity contribution in [3.8, 4) is 0 Å². The predicted molar refractivity (Wildman–Crippen MR) is 60.6 cm³/mol. The maximum absolute atomic E-state index is 12.8. The Hall–Kier alpha value is -2.04. The first-order valence-corrected chi connectivity index (χ1v) is 5.10. The highest BCUT2D eigenvalue weighted by molar-refractivity contribution is 5.31. The van der Waals surface area contributed by atoms with E-state index in [0.717, 1.165) is 5.56 Å². The predicted octanol–water partition coefficient (Wildman–Crippen LogP) is 2.59. The van der Waals surface area contributed by atoms with Crippen molar-refractivity contribution in [3.05, 3.63) is 53.3 Å². The van der Waals surface area contributed by atoms with Crippen molar-refractivity contribution in [1.82, 2.24) is 9.97 Å². The van der Waals surface area contributed by atoms with Gasteiger partial charge in [-0.1, -0.05) is 30.3 Å². The van der Waals surface area contributed by atoms with Crippen LogP contribution in [0.3, 0.4) is 0 Å². The number of rotatable bonds is 3. The molecule has 0 aliphatic heterocycles. The Balaban J connectivity index is 2.33. The summed E-state index contributed by atoms with van der Waals surface area (Å²) in [6.45, 7) is 0. The molecule has 0 unspecified atom stereocenters. The summed E-state index contributed by atoms with van der Waals surface area (Å²) in [6.07, 6.45) is -0.906. The summed E-state index contributed by atoms with van der Waals surface area (Å²) in [7, 11) is 0. The SMILES string of the molecule is Nc1ncc(Cc2ccccc2)c(C(F)F)n1. The van der Waals surface area contributed by atoms with Crippen LogP contribution in [-0.4, -0.2) is 9.97 Å². The molecule has 0 atom stereocenters. The molecule has 1 heterocycles. The lowest BCUT2D eigenvalue weighted by atomic mass is 10.1. The van der Waals surface area contributed by atoms with Crippen LogP contribution >= 0.6 is 0 Å². The van der Waals surface area contributed by atoms with Crippen LogP contribution in [0.25, 0.3) is 0 Å². The minimum atomic E-state index is -2.64. The van der Waals surface area contributed by atoms with Gasteiger partial charge in [-0.05, 0) is 5.56 Å². The smallest absolute Gasteiger partial charge is 0.280 e. The van der Waals surface area contributed by atoms with Crippen molar-refractivity contribution >= 4 is 5.95 Å². The van der Waals surface area contributed by atoms with E-state index in [1.165, 1.54) is 6.20 Å². The van der Waals surface area contributed by atoms with Gasteiger partial charge in [0.05, 0.1) is 0 Å². The highest BCUT2D eigenvalue weighted by atomic mass is 19.3. The third kappa shape index (κ3) is 2.75. The van der Waals surface area contributed by atoms with Gasteiger partial charge in [0.25, 0.3) is 6.43 Å². The first kappa shape index (κ1) is 11.4. The molecule has 0 aliphatic carbocycles. The fourth-order valence-corrected chi connectivity index (χ4v) is 1.58. The third-order valence-corrected chi connectivity index (χ3v) is 2.36. The number of nitrogen functional groups attached to an aromatic ring is 1. The summed E-state index contributed by atoms with van der Waals surface area (Å²) in [6, 6.07) is 9.32. The number of benzene rings is 1. The van der Waals surface area contributed by atoms with Gasteiger partial charge in [-0.15, -0.1) is 0 Å². The van der Waals surface area contributed by atoms with Crippen molar-refractivity contribution in [2.24, 2.45) is 0 Å². The minimum Gasteiger partial charge on any atom is -0.368 e. The molecule has 17 heavy (non-hydrogen) atoms. The number of nitrogens with zero attached hydrogens (tertiary/aromatic N) is 2. The number of aromatic nitrogens is 2. The summed E-state index contributed by atoms with van der Waals surface area (Å²) >= 11 is 0. The molecule has 2 N–H and O–H groups in total. The second-order valence-electron chi connectivity index (χ2n) is 3.60.